The number of carbonyl (C=O) groups is 1. The van der Waals surface area contributed by atoms with Crippen molar-refractivity contribution in [3.05, 3.63) is 0 Å². The highest BCUT2D eigenvalue weighted by Crippen LogP contribution is 2.11. The van der Waals surface area contributed by atoms with Crippen molar-refractivity contribution < 1.29 is 4.79 Å². The molecule has 1 saturated heterocycles. The molecule has 1 aliphatic rings. The number of hydrogen-bond donors (Lipinski definition) is 0. The van der Waals surface area contributed by atoms with Crippen molar-refractivity contribution in [2.24, 2.45) is 0 Å². The lowest BCUT2D eigenvalue weighted by atomic mass is 10.2. The molecular formula is C10H18N2OS. The molecule has 0 N–H and O–H groups in total. The van der Waals surface area contributed by atoms with Gasteiger partial charge in [-0.2, -0.15) is 0 Å². The lowest BCUT2D eigenvalue weighted by Gasteiger charge is -2.18. The van der Waals surface area contributed by atoms with Gasteiger partial charge in [-0.1, -0.05) is 19.8 Å². The molecular weight excluding hydrogens is 196 g/mol. The second-order valence-electron chi connectivity index (χ2n) is 3.55. The van der Waals surface area contributed by atoms with Crippen LogP contribution in [0.1, 0.15) is 33.1 Å². The van der Waals surface area contributed by atoms with Gasteiger partial charge in [0, 0.05) is 13.1 Å². The zero-order valence-electron chi connectivity index (χ0n) is 8.95. The summed E-state index contributed by atoms with van der Waals surface area (Å²) >= 11 is 5.22. The maximum absolute atomic E-state index is 11.5. The van der Waals surface area contributed by atoms with Gasteiger partial charge in [0.1, 0.15) is 0 Å². The molecule has 1 rings (SSSR count). The molecule has 0 aromatic heterocycles. The number of hydrogen-bond acceptors (Lipinski definition) is 2. The van der Waals surface area contributed by atoms with Gasteiger partial charge in [0.15, 0.2) is 5.11 Å². The first kappa shape index (κ1) is 11.4. The summed E-state index contributed by atoms with van der Waals surface area (Å²) in [6, 6.07) is 0. The van der Waals surface area contributed by atoms with Gasteiger partial charge in [-0.05, 0) is 25.6 Å². The molecule has 0 aromatic rings. The second kappa shape index (κ2) is 5.29. The van der Waals surface area contributed by atoms with E-state index in [0.29, 0.717) is 11.7 Å². The molecule has 0 atom stereocenters. The lowest BCUT2D eigenvalue weighted by Crippen LogP contribution is -2.33. The molecule has 1 amide bonds. The van der Waals surface area contributed by atoms with Crippen LogP contribution in [0.2, 0.25) is 0 Å². The first-order valence-electron chi connectivity index (χ1n) is 5.30. The van der Waals surface area contributed by atoms with E-state index in [1.165, 1.54) is 12.8 Å². The van der Waals surface area contributed by atoms with Crippen molar-refractivity contribution in [2.75, 3.05) is 19.6 Å². The van der Waals surface area contributed by atoms with Crippen molar-refractivity contribution in [2.45, 2.75) is 33.1 Å². The SMILES string of the molecule is CCCCCN1C(=O)CN(CC)C1=S. The highest BCUT2D eigenvalue weighted by molar-refractivity contribution is 7.80. The normalized spacial score (nSPS) is 17.0. The zero-order valence-corrected chi connectivity index (χ0v) is 9.77. The first-order valence-corrected chi connectivity index (χ1v) is 5.70. The van der Waals surface area contributed by atoms with Crippen molar-refractivity contribution >= 4 is 23.2 Å². The number of nitrogens with zero attached hydrogens (tertiary/aromatic N) is 2. The summed E-state index contributed by atoms with van der Waals surface area (Å²) in [5, 5.41) is 0.716. The van der Waals surface area contributed by atoms with Gasteiger partial charge in [0.2, 0.25) is 5.91 Å². The zero-order chi connectivity index (χ0) is 10.6. The van der Waals surface area contributed by atoms with Crippen LogP contribution in [-0.4, -0.2) is 40.5 Å². The first-order chi connectivity index (χ1) is 6.70. The summed E-state index contributed by atoms with van der Waals surface area (Å²) in [7, 11) is 0. The smallest absolute Gasteiger partial charge is 0.248 e. The molecule has 14 heavy (non-hydrogen) atoms. The van der Waals surface area contributed by atoms with E-state index in [2.05, 4.69) is 6.92 Å². The van der Waals surface area contributed by atoms with Crippen molar-refractivity contribution in [1.82, 2.24) is 9.80 Å². The minimum atomic E-state index is 0.160. The van der Waals surface area contributed by atoms with Crippen LogP contribution in [0.25, 0.3) is 0 Å². The summed E-state index contributed by atoms with van der Waals surface area (Å²) in [5.74, 6) is 0.160. The van der Waals surface area contributed by atoms with Crippen LogP contribution in [0.3, 0.4) is 0 Å². The number of rotatable bonds is 5. The van der Waals surface area contributed by atoms with E-state index in [1.807, 2.05) is 11.8 Å². The molecule has 0 bridgehead atoms. The minimum Gasteiger partial charge on any atom is -0.340 e. The van der Waals surface area contributed by atoms with Gasteiger partial charge in [-0.3, -0.25) is 9.69 Å². The molecule has 0 aromatic carbocycles. The van der Waals surface area contributed by atoms with E-state index in [-0.39, 0.29) is 5.91 Å². The van der Waals surface area contributed by atoms with Gasteiger partial charge < -0.3 is 4.90 Å². The topological polar surface area (TPSA) is 23.6 Å². The predicted molar refractivity (Wildman–Crippen MR) is 61.1 cm³/mol. The number of thiocarbonyl (C=S) groups is 1. The van der Waals surface area contributed by atoms with E-state index in [0.717, 1.165) is 19.5 Å². The van der Waals surface area contributed by atoms with Crippen molar-refractivity contribution in [1.29, 1.82) is 0 Å². The number of carbonyl (C=O) groups excluding carboxylic acids is 1. The van der Waals surface area contributed by atoms with Crippen LogP contribution in [0, 0.1) is 0 Å². The Kier molecular flexibility index (Phi) is 4.32. The van der Waals surface area contributed by atoms with E-state index >= 15 is 0 Å². The Morgan fingerprint density at radius 2 is 2.07 bits per heavy atom. The summed E-state index contributed by atoms with van der Waals surface area (Å²) in [6.07, 6.45) is 3.39. The van der Waals surface area contributed by atoms with Crippen LogP contribution >= 0.6 is 12.2 Å². The quantitative estimate of drug-likeness (QED) is 0.513. The van der Waals surface area contributed by atoms with Gasteiger partial charge in [-0.25, -0.2) is 0 Å². The van der Waals surface area contributed by atoms with Crippen LogP contribution in [0.15, 0.2) is 0 Å². The van der Waals surface area contributed by atoms with E-state index in [9.17, 15) is 4.79 Å². The number of likely N-dealkylation sites (N-methyl/N-ethyl adjacent to an activating group) is 1. The molecule has 4 heteroatoms. The Bertz CT molecular complexity index is 230. The molecule has 1 fully saturated rings. The summed E-state index contributed by atoms with van der Waals surface area (Å²) < 4.78 is 0. The Balaban J connectivity index is 2.44. The monoisotopic (exact) mass is 214 g/mol. The highest BCUT2D eigenvalue weighted by atomic mass is 32.1. The van der Waals surface area contributed by atoms with Gasteiger partial charge in [0.05, 0.1) is 6.54 Å². The number of unbranched alkanes of at least 4 members (excludes halogenated alkanes) is 2. The van der Waals surface area contributed by atoms with Crippen LogP contribution in [0.5, 0.6) is 0 Å². The summed E-state index contributed by atoms with van der Waals surface area (Å²) in [6.45, 7) is 6.27. The molecule has 0 unspecified atom stereocenters. The Hall–Kier alpha value is -0.640. The maximum Gasteiger partial charge on any atom is 0.248 e. The molecule has 0 saturated carbocycles. The highest BCUT2D eigenvalue weighted by Gasteiger charge is 2.30. The van der Waals surface area contributed by atoms with E-state index < -0.39 is 0 Å². The fourth-order valence-electron chi connectivity index (χ4n) is 1.58. The van der Waals surface area contributed by atoms with Crippen LogP contribution in [0.4, 0.5) is 0 Å². The fraction of sp³-hybridized carbons (Fsp3) is 0.800. The van der Waals surface area contributed by atoms with E-state index in [1.54, 1.807) is 4.90 Å². The third-order valence-corrected chi connectivity index (χ3v) is 2.97. The second-order valence-corrected chi connectivity index (χ2v) is 3.91. The number of amides is 1. The fourth-order valence-corrected chi connectivity index (χ4v) is 1.97. The molecule has 1 heterocycles. The van der Waals surface area contributed by atoms with Crippen molar-refractivity contribution in [3.63, 3.8) is 0 Å². The molecule has 0 aliphatic carbocycles. The molecule has 1 aliphatic heterocycles. The molecule has 0 spiro atoms. The maximum atomic E-state index is 11.5. The van der Waals surface area contributed by atoms with Gasteiger partial charge in [-0.15, -0.1) is 0 Å². The predicted octanol–water partition coefficient (Wildman–Crippen LogP) is 1.63. The standard InChI is InChI=1S/C10H18N2OS/c1-3-5-6-7-12-9(13)8-11(4-2)10(12)14/h3-8H2,1-2H3. The summed E-state index contributed by atoms with van der Waals surface area (Å²) in [4.78, 5) is 15.2. The third kappa shape index (κ3) is 2.44. The van der Waals surface area contributed by atoms with Crippen molar-refractivity contribution in [3.8, 4) is 0 Å². The third-order valence-electron chi connectivity index (χ3n) is 2.50. The Morgan fingerprint density at radius 3 is 2.57 bits per heavy atom. The largest absolute Gasteiger partial charge is 0.340 e. The average molecular weight is 214 g/mol. The average Bonchev–Trinajstić information content (AvgIpc) is 2.45. The Labute approximate surface area is 91.1 Å². The molecule has 3 nitrogen and oxygen atoms in total. The lowest BCUT2D eigenvalue weighted by molar-refractivity contribution is -0.125. The van der Waals surface area contributed by atoms with Gasteiger partial charge in [0.25, 0.3) is 0 Å². The van der Waals surface area contributed by atoms with Gasteiger partial charge >= 0.3 is 0 Å². The Morgan fingerprint density at radius 1 is 1.36 bits per heavy atom. The molecule has 0 radical (unpaired) electrons. The summed E-state index contributed by atoms with van der Waals surface area (Å²) in [5.41, 5.74) is 0. The minimum absolute atomic E-state index is 0.160. The van der Waals surface area contributed by atoms with E-state index in [4.69, 9.17) is 12.2 Å². The molecule has 80 valence electrons. The van der Waals surface area contributed by atoms with Crippen LogP contribution < -0.4 is 0 Å². The van der Waals surface area contributed by atoms with Crippen LogP contribution in [-0.2, 0) is 4.79 Å².